The Kier molecular flexibility index (Phi) is 7.54. The lowest BCUT2D eigenvalue weighted by molar-refractivity contribution is -0.387. The molecule has 2 rings (SSSR count). The molecule has 4 N–H and O–H groups in total. The van der Waals surface area contributed by atoms with E-state index in [0.29, 0.717) is 5.69 Å². The van der Waals surface area contributed by atoms with E-state index in [1.165, 1.54) is 19.2 Å². The van der Waals surface area contributed by atoms with Crippen molar-refractivity contribution in [3.63, 3.8) is 0 Å². The maximum atomic E-state index is 12.0. The molecule has 10 nitrogen and oxygen atoms in total. The fourth-order valence-corrected chi connectivity index (χ4v) is 3.04. The number of rotatable bonds is 8. The first kappa shape index (κ1) is 21.7. The van der Waals surface area contributed by atoms with E-state index in [0.717, 1.165) is 23.4 Å². The number of benzene rings is 2. The van der Waals surface area contributed by atoms with Crippen molar-refractivity contribution >= 4 is 41.0 Å². The number of carbonyl (C=O) groups excluding carboxylic acids is 3. The molecule has 2 aromatic rings. The van der Waals surface area contributed by atoms with E-state index in [-0.39, 0.29) is 34.4 Å². The molecule has 0 fully saturated rings. The number of nitrogens with two attached hydrogens (primary N) is 1. The fourth-order valence-electron chi connectivity index (χ4n) is 2.21. The minimum atomic E-state index is -0.768. The van der Waals surface area contributed by atoms with Crippen LogP contribution in [-0.4, -0.2) is 35.7 Å². The third-order valence-electron chi connectivity index (χ3n) is 3.67. The molecule has 29 heavy (non-hydrogen) atoms. The Hall–Kier alpha value is -3.60. The van der Waals surface area contributed by atoms with Gasteiger partial charge in [-0.2, -0.15) is 0 Å². The van der Waals surface area contributed by atoms with E-state index in [1.807, 2.05) is 0 Å². The number of nitrogens with zero attached hydrogens (tertiary/aromatic N) is 1. The number of amides is 3. The molecular weight excluding hydrogens is 400 g/mol. The summed E-state index contributed by atoms with van der Waals surface area (Å²) in [5, 5.41) is 16.4. The summed E-state index contributed by atoms with van der Waals surface area (Å²) in [6.45, 7) is 0.251. The fraction of sp³-hybridized carbons (Fsp3) is 0.167. The molecule has 0 aliphatic rings. The molecule has 0 spiro atoms. The van der Waals surface area contributed by atoms with Gasteiger partial charge in [0.15, 0.2) is 0 Å². The van der Waals surface area contributed by atoms with Crippen LogP contribution in [0.3, 0.4) is 0 Å². The van der Waals surface area contributed by atoms with Crippen molar-refractivity contribution in [2.45, 2.75) is 11.4 Å². The van der Waals surface area contributed by atoms with Crippen molar-refractivity contribution in [2.24, 2.45) is 5.73 Å². The van der Waals surface area contributed by atoms with Gasteiger partial charge < -0.3 is 15.8 Å². The summed E-state index contributed by atoms with van der Waals surface area (Å²) in [6.07, 6.45) is -0.582. The summed E-state index contributed by atoms with van der Waals surface area (Å²) in [5.41, 5.74) is 6.22. The van der Waals surface area contributed by atoms with E-state index < -0.39 is 16.9 Å². The summed E-state index contributed by atoms with van der Waals surface area (Å²) in [4.78, 5) is 45.1. The summed E-state index contributed by atoms with van der Waals surface area (Å²) >= 11 is 0.984. The molecule has 0 aliphatic heterocycles. The zero-order valence-electron chi connectivity index (χ0n) is 15.3. The van der Waals surface area contributed by atoms with Crippen LogP contribution in [0, 0.1) is 10.1 Å². The number of hydrogen-bond donors (Lipinski definition) is 3. The van der Waals surface area contributed by atoms with Gasteiger partial charge in [-0.05, 0) is 29.8 Å². The van der Waals surface area contributed by atoms with Gasteiger partial charge in [-0.25, -0.2) is 4.79 Å². The quantitative estimate of drug-likeness (QED) is 0.337. The van der Waals surface area contributed by atoms with Crippen LogP contribution < -0.4 is 16.4 Å². The number of nitro groups is 1. The zero-order valence-corrected chi connectivity index (χ0v) is 16.2. The van der Waals surface area contributed by atoms with Gasteiger partial charge in [0.25, 0.3) is 5.69 Å². The second kappa shape index (κ2) is 10.1. The molecule has 0 unspecified atom stereocenters. The van der Waals surface area contributed by atoms with Crippen LogP contribution in [0.25, 0.3) is 0 Å². The number of thioether (sulfide) groups is 1. The molecule has 2 aromatic carbocycles. The van der Waals surface area contributed by atoms with Crippen molar-refractivity contribution in [2.75, 3.05) is 18.2 Å². The van der Waals surface area contributed by atoms with Crippen LogP contribution in [0.2, 0.25) is 0 Å². The molecule has 0 saturated carbocycles. The van der Waals surface area contributed by atoms with Gasteiger partial charge in [0, 0.05) is 23.9 Å². The number of carbonyl (C=O) groups is 3. The van der Waals surface area contributed by atoms with E-state index in [2.05, 4.69) is 15.4 Å². The lowest BCUT2D eigenvalue weighted by Gasteiger charge is -2.08. The zero-order chi connectivity index (χ0) is 21.4. The Balaban J connectivity index is 1.89. The topological polar surface area (TPSA) is 154 Å². The van der Waals surface area contributed by atoms with Crippen LogP contribution in [0.5, 0.6) is 0 Å². The molecule has 11 heteroatoms. The lowest BCUT2D eigenvalue weighted by Crippen LogP contribution is -2.24. The highest BCUT2D eigenvalue weighted by molar-refractivity contribution is 8.00. The van der Waals surface area contributed by atoms with E-state index >= 15 is 0 Å². The highest BCUT2D eigenvalue weighted by Gasteiger charge is 2.18. The molecule has 0 bridgehead atoms. The lowest BCUT2D eigenvalue weighted by atomic mass is 10.2. The minimum absolute atomic E-state index is 0.0237. The minimum Gasteiger partial charge on any atom is -0.453 e. The van der Waals surface area contributed by atoms with Gasteiger partial charge in [0.05, 0.1) is 22.7 Å². The molecule has 0 radical (unpaired) electrons. The first-order valence-electron chi connectivity index (χ1n) is 8.22. The molecule has 3 amide bonds. The van der Waals surface area contributed by atoms with Crippen LogP contribution in [-0.2, 0) is 16.1 Å². The third-order valence-corrected chi connectivity index (χ3v) is 4.74. The summed E-state index contributed by atoms with van der Waals surface area (Å²) in [5.74, 6) is -1.13. The molecule has 0 heterocycles. The number of nitrogens with one attached hydrogen (secondary N) is 2. The third kappa shape index (κ3) is 6.50. The Morgan fingerprint density at radius 3 is 2.45 bits per heavy atom. The standard InChI is InChI=1S/C18H18N4O6S/c1-28-18(25)21-13-5-2-11(3-6-13)9-20-16(23)10-29-15-7-4-12(17(19)24)8-14(15)22(26)27/h2-8H,9-10H2,1H3,(H2,19,24)(H,20,23)(H,21,25). The van der Waals surface area contributed by atoms with Crippen molar-refractivity contribution in [1.82, 2.24) is 5.32 Å². The van der Waals surface area contributed by atoms with Gasteiger partial charge in [-0.3, -0.25) is 25.0 Å². The summed E-state index contributed by atoms with van der Waals surface area (Å²) in [7, 11) is 1.26. The Morgan fingerprint density at radius 1 is 1.17 bits per heavy atom. The van der Waals surface area contributed by atoms with Gasteiger partial charge in [0.1, 0.15) is 0 Å². The van der Waals surface area contributed by atoms with Gasteiger partial charge in [-0.1, -0.05) is 12.1 Å². The molecule has 0 aromatic heterocycles. The van der Waals surface area contributed by atoms with Gasteiger partial charge in [0.2, 0.25) is 11.8 Å². The normalized spacial score (nSPS) is 10.1. The second-order valence-electron chi connectivity index (χ2n) is 5.68. The first-order chi connectivity index (χ1) is 13.8. The number of nitro benzene ring substituents is 1. The number of anilines is 1. The Bertz CT molecular complexity index is 932. The average molecular weight is 418 g/mol. The van der Waals surface area contributed by atoms with Gasteiger partial charge >= 0.3 is 6.09 Å². The maximum absolute atomic E-state index is 12.0. The number of ether oxygens (including phenoxy) is 1. The number of hydrogen-bond acceptors (Lipinski definition) is 7. The van der Waals surface area contributed by atoms with E-state index in [9.17, 15) is 24.5 Å². The number of methoxy groups -OCH3 is 1. The first-order valence-corrected chi connectivity index (χ1v) is 9.20. The molecule has 152 valence electrons. The SMILES string of the molecule is COC(=O)Nc1ccc(CNC(=O)CSc2ccc(C(N)=O)cc2[N+](=O)[O-])cc1. The van der Waals surface area contributed by atoms with E-state index in [4.69, 9.17) is 5.73 Å². The predicted octanol–water partition coefficient (Wildman–Crippen LogP) is 2.28. The number of primary amides is 1. The molecule has 0 aliphatic carbocycles. The average Bonchev–Trinajstić information content (AvgIpc) is 2.71. The van der Waals surface area contributed by atoms with Crippen molar-refractivity contribution in [3.05, 3.63) is 63.7 Å². The Morgan fingerprint density at radius 2 is 1.86 bits per heavy atom. The molecular formula is C18H18N4O6S. The van der Waals surface area contributed by atoms with Crippen molar-refractivity contribution in [1.29, 1.82) is 0 Å². The van der Waals surface area contributed by atoms with Crippen LogP contribution >= 0.6 is 11.8 Å². The van der Waals surface area contributed by atoms with Crippen molar-refractivity contribution in [3.8, 4) is 0 Å². The summed E-state index contributed by atoms with van der Waals surface area (Å²) in [6, 6.07) is 10.6. The highest BCUT2D eigenvalue weighted by Crippen LogP contribution is 2.30. The van der Waals surface area contributed by atoms with Crippen LogP contribution in [0.1, 0.15) is 15.9 Å². The summed E-state index contributed by atoms with van der Waals surface area (Å²) < 4.78 is 4.49. The monoisotopic (exact) mass is 418 g/mol. The van der Waals surface area contributed by atoms with Crippen LogP contribution in [0.4, 0.5) is 16.2 Å². The smallest absolute Gasteiger partial charge is 0.411 e. The largest absolute Gasteiger partial charge is 0.453 e. The molecule has 0 atom stereocenters. The predicted molar refractivity (Wildman–Crippen MR) is 107 cm³/mol. The van der Waals surface area contributed by atoms with Gasteiger partial charge in [-0.15, -0.1) is 11.8 Å². The maximum Gasteiger partial charge on any atom is 0.411 e. The highest BCUT2D eigenvalue weighted by atomic mass is 32.2. The molecule has 0 saturated heterocycles. The Labute approximate surface area is 169 Å². The second-order valence-corrected chi connectivity index (χ2v) is 6.70. The van der Waals surface area contributed by atoms with E-state index in [1.54, 1.807) is 24.3 Å². The van der Waals surface area contributed by atoms with Crippen molar-refractivity contribution < 1.29 is 24.0 Å². The van der Waals surface area contributed by atoms with Crippen LogP contribution in [0.15, 0.2) is 47.4 Å².